The van der Waals surface area contributed by atoms with Gasteiger partial charge in [-0.1, -0.05) is 5.21 Å². The van der Waals surface area contributed by atoms with Gasteiger partial charge in [0, 0.05) is 0 Å². The molecule has 0 aliphatic heterocycles. The Morgan fingerprint density at radius 1 is 1.53 bits per heavy atom. The SMILES string of the molecule is CC(C)OCCn1cc(C(C)(C)N)nn1. The van der Waals surface area contributed by atoms with Crippen LogP contribution in [0.3, 0.4) is 0 Å². The maximum Gasteiger partial charge on any atom is 0.102 e. The Balaban J connectivity index is 2.47. The summed E-state index contributed by atoms with van der Waals surface area (Å²) >= 11 is 0. The van der Waals surface area contributed by atoms with Crippen molar-refractivity contribution in [2.24, 2.45) is 5.73 Å². The van der Waals surface area contributed by atoms with Gasteiger partial charge in [0.2, 0.25) is 0 Å². The molecule has 0 aliphatic carbocycles. The predicted molar refractivity (Wildman–Crippen MR) is 58.3 cm³/mol. The number of aromatic nitrogens is 3. The lowest BCUT2D eigenvalue weighted by Crippen LogP contribution is -2.29. The first-order chi connectivity index (χ1) is 6.89. The Kier molecular flexibility index (Phi) is 3.82. The first kappa shape index (κ1) is 12.1. The van der Waals surface area contributed by atoms with Gasteiger partial charge in [0.15, 0.2) is 0 Å². The van der Waals surface area contributed by atoms with E-state index in [4.69, 9.17) is 10.5 Å². The van der Waals surface area contributed by atoms with Crippen LogP contribution < -0.4 is 5.73 Å². The standard InChI is InChI=1S/C10H20N4O/c1-8(2)15-6-5-14-7-9(12-13-14)10(3,4)11/h7-8H,5-6,11H2,1-4H3. The van der Waals surface area contributed by atoms with E-state index in [-0.39, 0.29) is 6.10 Å². The van der Waals surface area contributed by atoms with Gasteiger partial charge < -0.3 is 10.5 Å². The lowest BCUT2D eigenvalue weighted by molar-refractivity contribution is 0.0707. The molecule has 1 aromatic rings. The zero-order chi connectivity index (χ0) is 11.5. The van der Waals surface area contributed by atoms with Gasteiger partial charge in [0.1, 0.15) is 5.69 Å². The molecule has 0 aliphatic rings. The molecule has 0 radical (unpaired) electrons. The van der Waals surface area contributed by atoms with Crippen LogP contribution in [0.4, 0.5) is 0 Å². The largest absolute Gasteiger partial charge is 0.377 e. The van der Waals surface area contributed by atoms with Gasteiger partial charge in [0.25, 0.3) is 0 Å². The second-order valence-corrected chi connectivity index (χ2v) is 4.51. The minimum absolute atomic E-state index is 0.249. The lowest BCUT2D eigenvalue weighted by Gasteiger charge is -2.13. The van der Waals surface area contributed by atoms with Crippen molar-refractivity contribution in [3.63, 3.8) is 0 Å². The maximum atomic E-state index is 5.90. The van der Waals surface area contributed by atoms with E-state index in [1.165, 1.54) is 0 Å². The van der Waals surface area contributed by atoms with Crippen molar-refractivity contribution in [2.45, 2.75) is 45.9 Å². The molecule has 0 atom stereocenters. The fourth-order valence-corrected chi connectivity index (χ4v) is 1.08. The number of hydrogen-bond donors (Lipinski definition) is 1. The summed E-state index contributed by atoms with van der Waals surface area (Å²) in [5.41, 5.74) is 6.26. The van der Waals surface area contributed by atoms with Gasteiger partial charge >= 0.3 is 0 Å². The van der Waals surface area contributed by atoms with E-state index in [1.807, 2.05) is 33.9 Å². The minimum Gasteiger partial charge on any atom is -0.377 e. The van der Waals surface area contributed by atoms with Crippen molar-refractivity contribution < 1.29 is 4.74 Å². The number of nitrogens with zero attached hydrogens (tertiary/aromatic N) is 3. The van der Waals surface area contributed by atoms with Crippen LogP contribution in [0.1, 0.15) is 33.4 Å². The van der Waals surface area contributed by atoms with E-state index in [1.54, 1.807) is 4.68 Å². The Bertz CT molecular complexity index is 301. The van der Waals surface area contributed by atoms with Crippen LogP contribution >= 0.6 is 0 Å². The molecule has 0 aromatic carbocycles. The third-order valence-corrected chi connectivity index (χ3v) is 1.97. The van der Waals surface area contributed by atoms with Crippen LogP contribution in [-0.4, -0.2) is 27.7 Å². The highest BCUT2D eigenvalue weighted by atomic mass is 16.5. The monoisotopic (exact) mass is 212 g/mol. The van der Waals surface area contributed by atoms with Crippen molar-refractivity contribution in [3.8, 4) is 0 Å². The molecular weight excluding hydrogens is 192 g/mol. The summed E-state index contributed by atoms with van der Waals surface area (Å²) in [6.07, 6.45) is 2.11. The van der Waals surface area contributed by atoms with Crippen LogP contribution in [0.25, 0.3) is 0 Å². The number of nitrogens with two attached hydrogens (primary N) is 1. The average Bonchev–Trinajstić information content (AvgIpc) is 2.51. The molecule has 1 heterocycles. The molecule has 0 saturated heterocycles. The molecule has 15 heavy (non-hydrogen) atoms. The highest BCUT2D eigenvalue weighted by molar-refractivity contribution is 5.05. The molecule has 5 nitrogen and oxygen atoms in total. The summed E-state index contributed by atoms with van der Waals surface area (Å²) in [6, 6.07) is 0. The first-order valence-electron chi connectivity index (χ1n) is 5.20. The van der Waals surface area contributed by atoms with Crippen LogP contribution in [0.5, 0.6) is 0 Å². The molecule has 0 fully saturated rings. The van der Waals surface area contributed by atoms with Gasteiger partial charge in [0.05, 0.1) is 31.0 Å². The summed E-state index contributed by atoms with van der Waals surface area (Å²) < 4.78 is 7.18. The number of ether oxygens (including phenoxy) is 1. The Labute approximate surface area is 90.6 Å². The Morgan fingerprint density at radius 3 is 2.67 bits per heavy atom. The highest BCUT2D eigenvalue weighted by Gasteiger charge is 2.17. The van der Waals surface area contributed by atoms with Gasteiger partial charge in [-0.05, 0) is 27.7 Å². The summed E-state index contributed by atoms with van der Waals surface area (Å²) in [5, 5.41) is 8.00. The predicted octanol–water partition coefficient (Wildman–Crippen LogP) is 0.897. The third-order valence-electron chi connectivity index (χ3n) is 1.97. The van der Waals surface area contributed by atoms with Gasteiger partial charge in [-0.2, -0.15) is 0 Å². The van der Waals surface area contributed by atoms with Crippen LogP contribution in [0.15, 0.2) is 6.20 Å². The van der Waals surface area contributed by atoms with Gasteiger partial charge in [-0.3, -0.25) is 0 Å². The summed E-state index contributed by atoms with van der Waals surface area (Å²) in [5.74, 6) is 0. The van der Waals surface area contributed by atoms with Crippen molar-refractivity contribution in [2.75, 3.05) is 6.61 Å². The quantitative estimate of drug-likeness (QED) is 0.787. The molecule has 1 aromatic heterocycles. The van der Waals surface area contributed by atoms with Gasteiger partial charge in [-0.15, -0.1) is 5.10 Å². The molecule has 0 saturated carbocycles. The normalized spacial score (nSPS) is 12.4. The van der Waals surface area contributed by atoms with E-state index >= 15 is 0 Å². The fourth-order valence-electron chi connectivity index (χ4n) is 1.08. The van der Waals surface area contributed by atoms with E-state index in [2.05, 4.69) is 10.3 Å². The first-order valence-corrected chi connectivity index (χ1v) is 5.20. The van der Waals surface area contributed by atoms with E-state index in [9.17, 15) is 0 Å². The summed E-state index contributed by atoms with van der Waals surface area (Å²) in [6.45, 7) is 9.19. The lowest BCUT2D eigenvalue weighted by atomic mass is 10.0. The summed E-state index contributed by atoms with van der Waals surface area (Å²) in [7, 11) is 0. The molecule has 0 bridgehead atoms. The number of hydrogen-bond acceptors (Lipinski definition) is 4. The van der Waals surface area contributed by atoms with Crippen molar-refractivity contribution >= 4 is 0 Å². The smallest absolute Gasteiger partial charge is 0.102 e. The molecule has 2 N–H and O–H groups in total. The van der Waals surface area contributed by atoms with Crippen molar-refractivity contribution in [1.82, 2.24) is 15.0 Å². The third kappa shape index (κ3) is 3.97. The molecular formula is C10H20N4O. The zero-order valence-electron chi connectivity index (χ0n) is 9.90. The molecule has 0 spiro atoms. The van der Waals surface area contributed by atoms with E-state index in [0.717, 1.165) is 5.69 Å². The molecule has 0 amide bonds. The molecule has 1 rings (SSSR count). The van der Waals surface area contributed by atoms with Crippen molar-refractivity contribution in [1.29, 1.82) is 0 Å². The zero-order valence-corrected chi connectivity index (χ0v) is 9.90. The highest BCUT2D eigenvalue weighted by Crippen LogP contribution is 2.12. The Hall–Kier alpha value is -0.940. The van der Waals surface area contributed by atoms with Crippen molar-refractivity contribution in [3.05, 3.63) is 11.9 Å². The topological polar surface area (TPSA) is 66.0 Å². The van der Waals surface area contributed by atoms with Crippen LogP contribution in [0, 0.1) is 0 Å². The summed E-state index contributed by atoms with van der Waals surface area (Å²) in [4.78, 5) is 0. The van der Waals surface area contributed by atoms with Crippen LogP contribution in [0.2, 0.25) is 0 Å². The maximum absolute atomic E-state index is 5.90. The molecule has 0 unspecified atom stereocenters. The fraction of sp³-hybridized carbons (Fsp3) is 0.800. The van der Waals surface area contributed by atoms with Crippen LogP contribution in [-0.2, 0) is 16.8 Å². The number of rotatable bonds is 5. The average molecular weight is 212 g/mol. The molecule has 5 heteroatoms. The van der Waals surface area contributed by atoms with E-state index < -0.39 is 5.54 Å². The van der Waals surface area contributed by atoms with E-state index in [0.29, 0.717) is 13.2 Å². The second-order valence-electron chi connectivity index (χ2n) is 4.51. The molecule has 86 valence electrons. The Morgan fingerprint density at radius 2 is 2.20 bits per heavy atom. The minimum atomic E-state index is -0.433. The second kappa shape index (κ2) is 4.72. The van der Waals surface area contributed by atoms with Gasteiger partial charge in [-0.25, -0.2) is 4.68 Å².